The highest BCUT2D eigenvalue weighted by molar-refractivity contribution is 7.99. The fraction of sp³-hybridized carbons (Fsp3) is 0.542. The Morgan fingerprint density at radius 1 is 1.27 bits per heavy atom. The predicted molar refractivity (Wildman–Crippen MR) is 136 cm³/mol. The van der Waals surface area contributed by atoms with Crippen molar-refractivity contribution in [1.82, 2.24) is 9.97 Å². The van der Waals surface area contributed by atoms with Crippen molar-refractivity contribution in [2.45, 2.75) is 60.9 Å². The maximum Gasteiger partial charge on any atom is 0.158 e. The molecule has 2 heterocycles. The third kappa shape index (κ3) is 6.11. The topological polar surface area (TPSA) is 110 Å². The van der Waals surface area contributed by atoms with Crippen molar-refractivity contribution in [3.05, 3.63) is 29.4 Å². The van der Waals surface area contributed by atoms with Gasteiger partial charge in [0.25, 0.3) is 0 Å². The molecule has 1 aliphatic heterocycles. The van der Waals surface area contributed by atoms with Crippen molar-refractivity contribution >= 4 is 47.0 Å². The number of nitrogens with zero attached hydrogens (tertiary/aromatic N) is 3. The number of hydrogen-bond donors (Lipinski definition) is 3. The van der Waals surface area contributed by atoms with Crippen LogP contribution in [0.2, 0.25) is 5.02 Å². The van der Waals surface area contributed by atoms with Crippen LogP contribution in [0.4, 0.5) is 17.3 Å². The zero-order chi connectivity index (χ0) is 23.4. The van der Waals surface area contributed by atoms with Gasteiger partial charge >= 0.3 is 0 Å². The van der Waals surface area contributed by atoms with Crippen molar-refractivity contribution in [3.8, 4) is 0 Å². The zero-order valence-corrected chi connectivity index (χ0v) is 20.7. The monoisotopic (exact) mass is 488 g/mol. The average molecular weight is 489 g/mol. The van der Waals surface area contributed by atoms with E-state index in [-0.39, 0.29) is 11.5 Å². The molecule has 0 radical (unpaired) electrons. The van der Waals surface area contributed by atoms with Crippen LogP contribution in [0.3, 0.4) is 0 Å². The number of rotatable bonds is 7. The first-order valence-electron chi connectivity index (χ1n) is 11.7. The molecule has 1 aromatic carbocycles. The Morgan fingerprint density at radius 3 is 2.67 bits per heavy atom. The van der Waals surface area contributed by atoms with Crippen LogP contribution in [0.15, 0.2) is 34.3 Å². The molecule has 1 aliphatic carbocycles. The van der Waals surface area contributed by atoms with E-state index in [4.69, 9.17) is 23.1 Å². The molecule has 1 aromatic heterocycles. The standard InChI is InChI=1S/C24H33ClN6OS/c1-24(27)9-11-31(12-10-24)20-14-29-23(22(26)30-20)33-19-4-2-3-18(21(19)25)28-13-16-5-7-17(15-32)8-6-16/h2-4,14-17,28H,5-13,27H2,1H3,(H2,26,30). The molecular weight excluding hydrogens is 456 g/mol. The van der Waals surface area contributed by atoms with Crippen molar-refractivity contribution in [2.75, 3.05) is 35.6 Å². The number of carbonyl (C=O) groups excluding carboxylic acids is 1. The Kier molecular flexibility index (Phi) is 7.66. The first-order valence-corrected chi connectivity index (χ1v) is 12.9. The van der Waals surface area contributed by atoms with Gasteiger partial charge in [0.1, 0.15) is 17.1 Å². The molecule has 2 aliphatic rings. The third-order valence-electron chi connectivity index (χ3n) is 6.82. The quantitative estimate of drug-likeness (QED) is 0.485. The number of hydrogen-bond acceptors (Lipinski definition) is 8. The number of aromatic nitrogens is 2. The molecule has 178 valence electrons. The van der Waals surface area contributed by atoms with E-state index in [1.54, 1.807) is 6.20 Å². The smallest absolute Gasteiger partial charge is 0.158 e. The highest BCUT2D eigenvalue weighted by Crippen LogP contribution is 2.39. The molecule has 9 heteroatoms. The minimum absolute atomic E-state index is 0.115. The number of nitrogen functional groups attached to an aromatic ring is 1. The number of aldehydes is 1. The summed E-state index contributed by atoms with van der Waals surface area (Å²) in [7, 11) is 0. The summed E-state index contributed by atoms with van der Waals surface area (Å²) in [6, 6.07) is 5.94. The lowest BCUT2D eigenvalue weighted by atomic mass is 9.83. The van der Waals surface area contributed by atoms with Crippen LogP contribution in [0.25, 0.3) is 0 Å². The van der Waals surface area contributed by atoms with Gasteiger partial charge in [-0.2, -0.15) is 0 Å². The molecule has 2 aromatic rings. The van der Waals surface area contributed by atoms with Crippen LogP contribution in [-0.4, -0.2) is 41.4 Å². The van der Waals surface area contributed by atoms with Gasteiger partial charge < -0.3 is 26.5 Å². The maximum atomic E-state index is 11.0. The normalized spacial score (nSPS) is 22.7. The second-order valence-electron chi connectivity index (χ2n) is 9.58. The summed E-state index contributed by atoms with van der Waals surface area (Å²) in [4.78, 5) is 23.2. The fourth-order valence-corrected chi connectivity index (χ4v) is 5.59. The van der Waals surface area contributed by atoms with E-state index >= 15 is 0 Å². The molecule has 5 N–H and O–H groups in total. The van der Waals surface area contributed by atoms with Gasteiger partial charge in [-0.25, -0.2) is 9.97 Å². The third-order valence-corrected chi connectivity index (χ3v) is 8.40. The van der Waals surface area contributed by atoms with E-state index in [2.05, 4.69) is 27.1 Å². The van der Waals surface area contributed by atoms with Crippen LogP contribution >= 0.6 is 23.4 Å². The van der Waals surface area contributed by atoms with Crippen LogP contribution in [0.1, 0.15) is 45.4 Å². The molecule has 1 saturated heterocycles. The first-order chi connectivity index (χ1) is 15.8. The predicted octanol–water partition coefficient (Wildman–Crippen LogP) is 4.60. The minimum Gasteiger partial charge on any atom is -0.384 e. The number of nitrogens with two attached hydrogens (primary N) is 2. The van der Waals surface area contributed by atoms with Crippen molar-refractivity contribution < 1.29 is 4.79 Å². The lowest BCUT2D eigenvalue weighted by Gasteiger charge is -2.37. The average Bonchev–Trinajstić information content (AvgIpc) is 2.81. The van der Waals surface area contributed by atoms with Gasteiger partial charge in [-0.3, -0.25) is 0 Å². The van der Waals surface area contributed by atoms with E-state index in [0.29, 0.717) is 21.8 Å². The Labute approximate surface area is 205 Å². The molecule has 0 bridgehead atoms. The minimum atomic E-state index is -0.115. The number of anilines is 3. The van der Waals surface area contributed by atoms with Crippen LogP contribution in [-0.2, 0) is 4.79 Å². The summed E-state index contributed by atoms with van der Waals surface area (Å²) in [6.45, 7) is 4.65. The number of benzene rings is 1. The van der Waals surface area contributed by atoms with Gasteiger partial charge in [0.15, 0.2) is 5.82 Å². The fourth-order valence-electron chi connectivity index (χ4n) is 4.47. The molecule has 4 rings (SSSR count). The summed E-state index contributed by atoms with van der Waals surface area (Å²) >= 11 is 8.14. The maximum absolute atomic E-state index is 11.0. The van der Waals surface area contributed by atoms with Crippen molar-refractivity contribution in [2.24, 2.45) is 17.6 Å². The summed E-state index contributed by atoms with van der Waals surface area (Å²) in [6.07, 6.45) is 8.82. The largest absolute Gasteiger partial charge is 0.384 e. The van der Waals surface area contributed by atoms with Gasteiger partial charge in [0.2, 0.25) is 0 Å². The van der Waals surface area contributed by atoms with Gasteiger partial charge in [0.05, 0.1) is 16.9 Å². The summed E-state index contributed by atoms with van der Waals surface area (Å²) in [5, 5.41) is 4.80. The van der Waals surface area contributed by atoms with Crippen molar-refractivity contribution in [1.29, 1.82) is 0 Å². The Balaban J connectivity index is 1.38. The second-order valence-corrected chi connectivity index (χ2v) is 11.0. The highest BCUT2D eigenvalue weighted by atomic mass is 35.5. The van der Waals surface area contributed by atoms with Crippen LogP contribution in [0, 0.1) is 11.8 Å². The number of halogens is 1. The van der Waals surface area contributed by atoms with E-state index in [9.17, 15) is 4.79 Å². The number of nitrogens with one attached hydrogen (secondary N) is 1. The molecule has 0 spiro atoms. The summed E-state index contributed by atoms with van der Waals surface area (Å²) in [5.41, 5.74) is 13.3. The van der Waals surface area contributed by atoms with Crippen LogP contribution < -0.4 is 21.7 Å². The SMILES string of the molecule is CC1(N)CCN(c2cnc(Sc3cccc(NCC4CCC(C=O)CC4)c3Cl)c(N)n2)CC1. The van der Waals surface area contributed by atoms with Gasteiger partial charge in [-0.15, -0.1) is 0 Å². The van der Waals surface area contributed by atoms with E-state index in [0.717, 1.165) is 80.8 Å². The van der Waals surface area contributed by atoms with Gasteiger partial charge in [-0.05, 0) is 63.5 Å². The van der Waals surface area contributed by atoms with E-state index < -0.39 is 0 Å². The number of piperidine rings is 1. The van der Waals surface area contributed by atoms with E-state index in [1.807, 2.05) is 18.2 Å². The Bertz CT molecular complexity index is 969. The molecule has 2 fully saturated rings. The molecule has 0 amide bonds. The van der Waals surface area contributed by atoms with Crippen molar-refractivity contribution in [3.63, 3.8) is 0 Å². The molecule has 7 nitrogen and oxygen atoms in total. The first kappa shape index (κ1) is 24.1. The van der Waals surface area contributed by atoms with Crippen LogP contribution in [0.5, 0.6) is 0 Å². The Hall–Kier alpha value is -2.03. The highest BCUT2D eigenvalue weighted by Gasteiger charge is 2.27. The summed E-state index contributed by atoms with van der Waals surface area (Å²) in [5.74, 6) is 1.99. The second kappa shape index (κ2) is 10.5. The molecular formula is C24H33ClN6OS. The lowest BCUT2D eigenvalue weighted by molar-refractivity contribution is -0.112. The number of carbonyl (C=O) groups is 1. The molecule has 0 unspecified atom stereocenters. The molecule has 0 atom stereocenters. The Morgan fingerprint density at radius 2 is 2.00 bits per heavy atom. The molecule has 33 heavy (non-hydrogen) atoms. The van der Waals surface area contributed by atoms with Gasteiger partial charge in [-0.1, -0.05) is 29.4 Å². The van der Waals surface area contributed by atoms with Gasteiger partial charge in [0, 0.05) is 36.0 Å². The summed E-state index contributed by atoms with van der Waals surface area (Å²) < 4.78 is 0. The molecule has 1 saturated carbocycles. The zero-order valence-electron chi connectivity index (χ0n) is 19.1. The lowest BCUT2D eigenvalue weighted by Crippen LogP contribution is -2.48. The van der Waals surface area contributed by atoms with E-state index in [1.165, 1.54) is 11.8 Å².